The zero-order valence-corrected chi connectivity index (χ0v) is 17.6. The summed E-state index contributed by atoms with van der Waals surface area (Å²) in [4.78, 5) is 24.6. The van der Waals surface area contributed by atoms with Crippen molar-refractivity contribution in [1.29, 1.82) is 0 Å². The third kappa shape index (κ3) is 5.38. The number of aromatic nitrogens is 3. The largest absolute Gasteiger partial charge is 0.495 e. The standard InChI is InChI=1S/C21H23N5O3S/c1-3-26-18(13-22-20(28)15-9-5-4-6-10-15)24-25-21(26)30-14-19(27)23-16-11-7-8-12-17(16)29-2/h4-12H,3,13-14H2,1-2H3,(H,22,28)(H,23,27). The Balaban J connectivity index is 1.57. The normalized spacial score (nSPS) is 10.5. The van der Waals surface area contributed by atoms with Gasteiger partial charge in [-0.25, -0.2) is 0 Å². The first-order chi connectivity index (χ1) is 14.6. The lowest BCUT2D eigenvalue weighted by Crippen LogP contribution is -2.24. The molecule has 0 atom stereocenters. The first-order valence-electron chi connectivity index (χ1n) is 9.43. The molecular formula is C21H23N5O3S. The van der Waals surface area contributed by atoms with E-state index in [9.17, 15) is 9.59 Å². The van der Waals surface area contributed by atoms with Crippen LogP contribution in [0.4, 0.5) is 5.69 Å². The number of nitrogens with zero attached hydrogens (tertiary/aromatic N) is 3. The average molecular weight is 426 g/mol. The van der Waals surface area contributed by atoms with Crippen molar-refractivity contribution < 1.29 is 14.3 Å². The number of carbonyl (C=O) groups is 2. The van der Waals surface area contributed by atoms with E-state index in [1.165, 1.54) is 11.8 Å². The van der Waals surface area contributed by atoms with Gasteiger partial charge in [-0.05, 0) is 31.2 Å². The zero-order valence-electron chi connectivity index (χ0n) is 16.8. The number of amides is 2. The number of para-hydroxylation sites is 2. The number of thioether (sulfide) groups is 1. The van der Waals surface area contributed by atoms with Crippen molar-refractivity contribution in [3.63, 3.8) is 0 Å². The van der Waals surface area contributed by atoms with Gasteiger partial charge in [0.2, 0.25) is 5.91 Å². The Morgan fingerprint density at radius 1 is 1.07 bits per heavy atom. The molecule has 0 saturated heterocycles. The lowest BCUT2D eigenvalue weighted by Gasteiger charge is -2.10. The molecule has 8 nitrogen and oxygen atoms in total. The Bertz CT molecular complexity index is 1010. The van der Waals surface area contributed by atoms with Crippen LogP contribution in [0.25, 0.3) is 0 Å². The van der Waals surface area contributed by atoms with Gasteiger partial charge in [-0.2, -0.15) is 0 Å². The number of rotatable bonds is 9. The smallest absolute Gasteiger partial charge is 0.251 e. The summed E-state index contributed by atoms with van der Waals surface area (Å²) in [6.45, 7) is 2.84. The Morgan fingerprint density at radius 2 is 1.80 bits per heavy atom. The molecule has 0 saturated carbocycles. The number of ether oxygens (including phenoxy) is 1. The van der Waals surface area contributed by atoms with Crippen LogP contribution in [0.5, 0.6) is 5.75 Å². The lowest BCUT2D eigenvalue weighted by molar-refractivity contribution is -0.113. The Labute approximate surface area is 179 Å². The van der Waals surface area contributed by atoms with Gasteiger partial charge >= 0.3 is 0 Å². The predicted octanol–water partition coefficient (Wildman–Crippen LogP) is 2.97. The lowest BCUT2D eigenvalue weighted by atomic mass is 10.2. The van der Waals surface area contributed by atoms with Gasteiger partial charge in [0.1, 0.15) is 5.75 Å². The maximum atomic E-state index is 12.3. The molecule has 3 rings (SSSR count). The number of hydrogen-bond acceptors (Lipinski definition) is 6. The topological polar surface area (TPSA) is 98.1 Å². The number of benzene rings is 2. The second kappa shape index (κ2) is 10.4. The molecule has 1 aromatic heterocycles. The highest BCUT2D eigenvalue weighted by molar-refractivity contribution is 7.99. The van der Waals surface area contributed by atoms with E-state index in [1.807, 2.05) is 41.8 Å². The van der Waals surface area contributed by atoms with Crippen LogP contribution in [0.3, 0.4) is 0 Å². The first-order valence-corrected chi connectivity index (χ1v) is 10.4. The minimum absolute atomic E-state index is 0.172. The average Bonchev–Trinajstić information content (AvgIpc) is 3.18. The van der Waals surface area contributed by atoms with E-state index in [4.69, 9.17) is 4.74 Å². The highest BCUT2D eigenvalue weighted by atomic mass is 32.2. The van der Waals surface area contributed by atoms with Gasteiger partial charge in [-0.3, -0.25) is 9.59 Å². The third-order valence-corrected chi connectivity index (χ3v) is 5.23. The van der Waals surface area contributed by atoms with Crippen molar-refractivity contribution in [2.75, 3.05) is 18.2 Å². The molecule has 2 amide bonds. The summed E-state index contributed by atoms with van der Waals surface area (Å²) in [5, 5.41) is 14.6. The van der Waals surface area contributed by atoms with Crippen LogP contribution in [0.15, 0.2) is 59.8 Å². The maximum absolute atomic E-state index is 12.3. The summed E-state index contributed by atoms with van der Waals surface area (Å²) < 4.78 is 7.13. The van der Waals surface area contributed by atoms with Crippen LogP contribution in [-0.4, -0.2) is 39.4 Å². The Hall–Kier alpha value is -3.33. The molecule has 156 valence electrons. The van der Waals surface area contributed by atoms with Crippen molar-refractivity contribution in [2.24, 2.45) is 0 Å². The molecular weight excluding hydrogens is 402 g/mol. The number of hydrogen-bond donors (Lipinski definition) is 2. The molecule has 9 heteroatoms. The molecule has 0 aliphatic heterocycles. The second-order valence-corrected chi connectivity index (χ2v) is 7.17. The minimum Gasteiger partial charge on any atom is -0.495 e. The minimum atomic E-state index is -0.174. The highest BCUT2D eigenvalue weighted by Gasteiger charge is 2.15. The van der Waals surface area contributed by atoms with Gasteiger partial charge in [-0.15, -0.1) is 10.2 Å². The Morgan fingerprint density at radius 3 is 2.53 bits per heavy atom. The molecule has 0 spiro atoms. The molecule has 0 bridgehead atoms. The van der Waals surface area contributed by atoms with Crippen LogP contribution in [0.2, 0.25) is 0 Å². The molecule has 0 unspecified atom stereocenters. The van der Waals surface area contributed by atoms with Gasteiger partial charge < -0.3 is 19.9 Å². The van der Waals surface area contributed by atoms with E-state index in [-0.39, 0.29) is 24.1 Å². The van der Waals surface area contributed by atoms with E-state index < -0.39 is 0 Å². The zero-order chi connectivity index (χ0) is 21.3. The highest BCUT2D eigenvalue weighted by Crippen LogP contribution is 2.24. The molecule has 3 aromatic rings. The number of nitrogens with one attached hydrogen (secondary N) is 2. The van der Waals surface area contributed by atoms with Crippen LogP contribution in [0.1, 0.15) is 23.1 Å². The van der Waals surface area contributed by atoms with Crippen molar-refractivity contribution in [3.8, 4) is 5.75 Å². The molecule has 0 aliphatic carbocycles. The fraction of sp³-hybridized carbons (Fsp3) is 0.238. The van der Waals surface area contributed by atoms with Gasteiger partial charge in [0.25, 0.3) is 5.91 Å². The quantitative estimate of drug-likeness (QED) is 0.512. The van der Waals surface area contributed by atoms with Crippen molar-refractivity contribution in [2.45, 2.75) is 25.2 Å². The van der Waals surface area contributed by atoms with E-state index >= 15 is 0 Å². The van der Waals surface area contributed by atoms with Crippen molar-refractivity contribution in [3.05, 3.63) is 66.0 Å². The van der Waals surface area contributed by atoms with Crippen LogP contribution in [0, 0.1) is 0 Å². The summed E-state index contributed by atoms with van der Waals surface area (Å²) in [5.41, 5.74) is 1.20. The summed E-state index contributed by atoms with van der Waals surface area (Å²) >= 11 is 1.29. The number of anilines is 1. The molecule has 1 heterocycles. The van der Waals surface area contributed by atoms with E-state index in [0.29, 0.717) is 34.5 Å². The van der Waals surface area contributed by atoms with Gasteiger partial charge in [0.15, 0.2) is 11.0 Å². The summed E-state index contributed by atoms with van der Waals surface area (Å²) in [5.74, 6) is 1.06. The fourth-order valence-electron chi connectivity index (χ4n) is 2.79. The summed E-state index contributed by atoms with van der Waals surface area (Å²) in [6, 6.07) is 16.2. The van der Waals surface area contributed by atoms with E-state index in [0.717, 1.165) is 0 Å². The van der Waals surface area contributed by atoms with Crippen molar-refractivity contribution in [1.82, 2.24) is 20.1 Å². The molecule has 2 aromatic carbocycles. The first kappa shape index (κ1) is 21.4. The maximum Gasteiger partial charge on any atom is 0.251 e. The SMILES string of the molecule is CCn1c(CNC(=O)c2ccccc2)nnc1SCC(=O)Nc1ccccc1OC. The fourth-order valence-corrected chi connectivity index (χ4v) is 3.61. The second-order valence-electron chi connectivity index (χ2n) is 6.23. The molecule has 2 N–H and O–H groups in total. The monoisotopic (exact) mass is 425 g/mol. The van der Waals surface area contributed by atoms with E-state index in [2.05, 4.69) is 20.8 Å². The number of carbonyl (C=O) groups excluding carboxylic acids is 2. The van der Waals surface area contributed by atoms with Crippen LogP contribution in [-0.2, 0) is 17.9 Å². The van der Waals surface area contributed by atoms with Crippen molar-refractivity contribution >= 4 is 29.3 Å². The summed E-state index contributed by atoms with van der Waals surface area (Å²) in [7, 11) is 1.56. The molecule has 0 fully saturated rings. The van der Waals surface area contributed by atoms with Gasteiger partial charge in [0, 0.05) is 12.1 Å². The molecule has 0 aliphatic rings. The molecule has 30 heavy (non-hydrogen) atoms. The Kier molecular flexibility index (Phi) is 7.45. The summed E-state index contributed by atoms with van der Waals surface area (Å²) in [6.07, 6.45) is 0. The predicted molar refractivity (Wildman–Crippen MR) is 116 cm³/mol. The van der Waals surface area contributed by atoms with Gasteiger partial charge in [-0.1, -0.05) is 42.1 Å². The molecule has 0 radical (unpaired) electrons. The van der Waals surface area contributed by atoms with Crippen LogP contribution >= 0.6 is 11.8 Å². The van der Waals surface area contributed by atoms with Crippen LogP contribution < -0.4 is 15.4 Å². The number of methoxy groups -OCH3 is 1. The van der Waals surface area contributed by atoms with Gasteiger partial charge in [0.05, 0.1) is 25.1 Å². The van der Waals surface area contributed by atoms with E-state index in [1.54, 1.807) is 31.4 Å². The third-order valence-electron chi connectivity index (χ3n) is 4.27.